The summed E-state index contributed by atoms with van der Waals surface area (Å²) < 4.78 is 1.03. The predicted molar refractivity (Wildman–Crippen MR) is 78.3 cm³/mol. The lowest BCUT2D eigenvalue weighted by molar-refractivity contribution is -0.119. The Morgan fingerprint density at radius 1 is 1.35 bits per heavy atom. The number of thiocarbonyl (C=S) groups is 1. The van der Waals surface area contributed by atoms with Gasteiger partial charge in [0, 0.05) is 16.6 Å². The number of aryl methyl sites for hydroxylation is 2. The van der Waals surface area contributed by atoms with Crippen LogP contribution in [-0.4, -0.2) is 11.0 Å². The van der Waals surface area contributed by atoms with Crippen molar-refractivity contribution in [2.24, 2.45) is 0 Å². The molecule has 3 nitrogen and oxygen atoms in total. The molecule has 0 aromatic heterocycles. The van der Waals surface area contributed by atoms with Crippen molar-refractivity contribution in [2.75, 3.05) is 5.32 Å². The Hall–Kier alpha value is -0.940. The molecule has 5 heteroatoms. The van der Waals surface area contributed by atoms with Crippen LogP contribution >= 0.6 is 28.1 Å². The Balaban J connectivity index is 2.82. The summed E-state index contributed by atoms with van der Waals surface area (Å²) in [5, 5.41) is 6.00. The van der Waals surface area contributed by atoms with Crippen molar-refractivity contribution < 1.29 is 4.79 Å². The molecule has 0 spiro atoms. The zero-order valence-electron chi connectivity index (χ0n) is 10.1. The third kappa shape index (κ3) is 4.09. The third-order valence-corrected chi connectivity index (χ3v) is 2.97. The largest absolute Gasteiger partial charge is 0.332 e. The highest BCUT2D eigenvalue weighted by Crippen LogP contribution is 2.24. The monoisotopic (exact) mass is 314 g/mol. The Labute approximate surface area is 115 Å². The molecule has 0 atom stereocenters. The van der Waals surface area contributed by atoms with Gasteiger partial charge in [-0.05, 0) is 49.3 Å². The molecule has 0 bridgehead atoms. The standard InChI is InChI=1S/C12H15BrN2OS/c1-4-10(16)14-12(17)15-11-7(2)5-9(13)6-8(11)3/h5-6H,4H2,1-3H3,(H2,14,15,16,17). The molecule has 1 rings (SSSR count). The van der Waals surface area contributed by atoms with Gasteiger partial charge in [-0.1, -0.05) is 22.9 Å². The van der Waals surface area contributed by atoms with Crippen LogP contribution in [0, 0.1) is 13.8 Å². The van der Waals surface area contributed by atoms with Crippen molar-refractivity contribution in [3.63, 3.8) is 0 Å². The van der Waals surface area contributed by atoms with Gasteiger partial charge >= 0.3 is 0 Å². The minimum Gasteiger partial charge on any atom is -0.332 e. The fraction of sp³-hybridized carbons (Fsp3) is 0.333. The van der Waals surface area contributed by atoms with E-state index in [9.17, 15) is 4.79 Å². The van der Waals surface area contributed by atoms with Crippen LogP contribution < -0.4 is 10.6 Å². The topological polar surface area (TPSA) is 41.1 Å². The molecule has 0 aliphatic heterocycles. The summed E-state index contributed by atoms with van der Waals surface area (Å²) in [6.07, 6.45) is 0.417. The quantitative estimate of drug-likeness (QED) is 0.823. The van der Waals surface area contributed by atoms with Crippen LogP contribution in [0.5, 0.6) is 0 Å². The minimum atomic E-state index is -0.0880. The Kier molecular flexibility index (Phi) is 5.08. The van der Waals surface area contributed by atoms with E-state index in [1.807, 2.05) is 26.0 Å². The van der Waals surface area contributed by atoms with Gasteiger partial charge in [-0.15, -0.1) is 0 Å². The van der Waals surface area contributed by atoms with Crippen LogP contribution in [-0.2, 0) is 4.79 Å². The fourth-order valence-corrected chi connectivity index (χ4v) is 2.37. The van der Waals surface area contributed by atoms with E-state index in [0.29, 0.717) is 11.5 Å². The van der Waals surface area contributed by atoms with Crippen LogP contribution in [0.4, 0.5) is 5.69 Å². The molecule has 0 heterocycles. The lowest BCUT2D eigenvalue weighted by Crippen LogP contribution is -2.33. The highest BCUT2D eigenvalue weighted by Gasteiger charge is 2.07. The first-order valence-corrected chi connectivity index (χ1v) is 6.51. The highest BCUT2D eigenvalue weighted by molar-refractivity contribution is 9.10. The molecule has 0 saturated carbocycles. The van der Waals surface area contributed by atoms with Gasteiger partial charge in [0.1, 0.15) is 0 Å². The zero-order valence-corrected chi connectivity index (χ0v) is 12.5. The highest BCUT2D eigenvalue weighted by atomic mass is 79.9. The SMILES string of the molecule is CCC(=O)NC(=S)Nc1c(C)cc(Br)cc1C. The van der Waals surface area contributed by atoms with Gasteiger partial charge in [-0.3, -0.25) is 4.79 Å². The predicted octanol–water partition coefficient (Wildman–Crippen LogP) is 3.29. The summed E-state index contributed by atoms with van der Waals surface area (Å²) in [4.78, 5) is 11.2. The second kappa shape index (κ2) is 6.12. The van der Waals surface area contributed by atoms with Crippen molar-refractivity contribution in [1.82, 2.24) is 5.32 Å². The van der Waals surface area contributed by atoms with Gasteiger partial charge in [0.2, 0.25) is 5.91 Å². The molecule has 0 unspecified atom stereocenters. The van der Waals surface area contributed by atoms with Gasteiger partial charge < -0.3 is 10.6 Å². The molecule has 1 aromatic carbocycles. The third-order valence-electron chi connectivity index (χ3n) is 2.31. The maximum atomic E-state index is 11.2. The number of amides is 1. The van der Waals surface area contributed by atoms with Crippen molar-refractivity contribution in [1.29, 1.82) is 0 Å². The van der Waals surface area contributed by atoms with Crippen molar-refractivity contribution >= 4 is 44.9 Å². The summed E-state index contributed by atoms with van der Waals surface area (Å²) in [7, 11) is 0. The van der Waals surface area contributed by atoms with Crippen molar-refractivity contribution in [2.45, 2.75) is 27.2 Å². The molecule has 0 fully saturated rings. The molecular formula is C12H15BrN2OS. The van der Waals surface area contributed by atoms with Crippen LogP contribution in [0.15, 0.2) is 16.6 Å². The molecule has 0 saturated heterocycles. The average Bonchev–Trinajstić information content (AvgIpc) is 2.23. The molecule has 17 heavy (non-hydrogen) atoms. The summed E-state index contributed by atoms with van der Waals surface area (Å²) in [5.41, 5.74) is 3.09. The maximum Gasteiger partial charge on any atom is 0.225 e. The number of carbonyl (C=O) groups is 1. The van der Waals surface area contributed by atoms with E-state index >= 15 is 0 Å². The summed E-state index contributed by atoms with van der Waals surface area (Å²) in [6.45, 7) is 5.77. The van der Waals surface area contributed by atoms with Crippen LogP contribution in [0.1, 0.15) is 24.5 Å². The van der Waals surface area contributed by atoms with Gasteiger partial charge in [-0.2, -0.15) is 0 Å². The number of rotatable bonds is 2. The van der Waals surface area contributed by atoms with E-state index in [0.717, 1.165) is 21.3 Å². The molecule has 0 radical (unpaired) electrons. The fourth-order valence-electron chi connectivity index (χ4n) is 1.47. The number of halogens is 1. The van der Waals surface area contributed by atoms with E-state index in [1.165, 1.54) is 0 Å². The van der Waals surface area contributed by atoms with Gasteiger partial charge in [0.15, 0.2) is 5.11 Å². The van der Waals surface area contributed by atoms with Crippen LogP contribution in [0.3, 0.4) is 0 Å². The first-order chi connectivity index (χ1) is 7.93. The number of benzene rings is 1. The number of hydrogen-bond donors (Lipinski definition) is 2. The first kappa shape index (κ1) is 14.1. The van der Waals surface area contributed by atoms with Crippen LogP contribution in [0.2, 0.25) is 0 Å². The summed E-state index contributed by atoms with van der Waals surface area (Å²) in [5.74, 6) is -0.0880. The Morgan fingerprint density at radius 3 is 2.35 bits per heavy atom. The van der Waals surface area contributed by atoms with Crippen molar-refractivity contribution in [3.8, 4) is 0 Å². The summed E-state index contributed by atoms with van der Waals surface area (Å²) >= 11 is 8.51. The molecule has 1 aromatic rings. The zero-order chi connectivity index (χ0) is 13.0. The number of anilines is 1. The lowest BCUT2D eigenvalue weighted by atomic mass is 10.1. The maximum absolute atomic E-state index is 11.2. The molecule has 0 aliphatic rings. The van der Waals surface area contributed by atoms with Crippen molar-refractivity contribution in [3.05, 3.63) is 27.7 Å². The number of hydrogen-bond acceptors (Lipinski definition) is 2. The Morgan fingerprint density at radius 2 is 1.88 bits per heavy atom. The van der Waals surface area contributed by atoms with Gasteiger partial charge in [0.05, 0.1) is 0 Å². The minimum absolute atomic E-state index is 0.0880. The molecule has 92 valence electrons. The lowest BCUT2D eigenvalue weighted by Gasteiger charge is -2.14. The average molecular weight is 315 g/mol. The molecule has 1 amide bonds. The number of carbonyl (C=O) groups excluding carboxylic acids is 1. The van der Waals surface area contributed by atoms with E-state index in [2.05, 4.69) is 26.6 Å². The summed E-state index contributed by atoms with van der Waals surface area (Å²) in [6, 6.07) is 4.00. The normalized spacial score (nSPS) is 9.88. The first-order valence-electron chi connectivity index (χ1n) is 5.31. The molecular weight excluding hydrogens is 300 g/mol. The Bertz CT molecular complexity index is 437. The van der Waals surface area contributed by atoms with E-state index in [1.54, 1.807) is 6.92 Å². The van der Waals surface area contributed by atoms with Gasteiger partial charge in [-0.25, -0.2) is 0 Å². The van der Waals surface area contributed by atoms with Gasteiger partial charge in [0.25, 0.3) is 0 Å². The number of nitrogens with one attached hydrogen (secondary N) is 2. The second-order valence-electron chi connectivity index (χ2n) is 3.77. The van der Waals surface area contributed by atoms with E-state index in [-0.39, 0.29) is 5.91 Å². The second-order valence-corrected chi connectivity index (χ2v) is 5.09. The van der Waals surface area contributed by atoms with E-state index in [4.69, 9.17) is 12.2 Å². The smallest absolute Gasteiger partial charge is 0.225 e. The van der Waals surface area contributed by atoms with Crippen LogP contribution in [0.25, 0.3) is 0 Å². The molecule has 2 N–H and O–H groups in total. The van der Waals surface area contributed by atoms with E-state index < -0.39 is 0 Å². The molecule has 0 aliphatic carbocycles.